The van der Waals surface area contributed by atoms with Gasteiger partial charge in [0, 0.05) is 44.0 Å². The zero-order valence-corrected chi connectivity index (χ0v) is 14.1. The van der Waals surface area contributed by atoms with Gasteiger partial charge in [0.1, 0.15) is 11.6 Å². The molecular formula is C17H23N5O2. The first kappa shape index (κ1) is 16.4. The van der Waals surface area contributed by atoms with Crippen LogP contribution in [0.3, 0.4) is 0 Å². The van der Waals surface area contributed by atoms with E-state index < -0.39 is 0 Å². The largest absolute Gasteiger partial charge is 0.361 e. The number of carbonyl (C=O) groups is 1. The Kier molecular flexibility index (Phi) is 5.08. The number of nitrogens with zero attached hydrogens (tertiary/aromatic N) is 4. The van der Waals surface area contributed by atoms with E-state index in [1.54, 1.807) is 24.7 Å². The molecule has 1 N–H and O–H groups in total. The number of hydrogen-bond donors (Lipinski definition) is 1. The van der Waals surface area contributed by atoms with Crippen LogP contribution in [0.5, 0.6) is 0 Å². The number of rotatable bonds is 5. The molecule has 1 atom stereocenters. The third kappa shape index (κ3) is 4.10. The van der Waals surface area contributed by atoms with Crippen molar-refractivity contribution in [2.75, 3.05) is 18.0 Å². The molecule has 1 aliphatic heterocycles. The summed E-state index contributed by atoms with van der Waals surface area (Å²) in [6.45, 7) is 5.85. The molecule has 1 fully saturated rings. The quantitative estimate of drug-likeness (QED) is 0.904. The lowest BCUT2D eigenvalue weighted by Crippen LogP contribution is -2.48. The number of hydrogen-bond acceptors (Lipinski definition) is 6. The van der Waals surface area contributed by atoms with Crippen LogP contribution in [0, 0.1) is 5.92 Å². The Morgan fingerprint density at radius 2 is 2.33 bits per heavy atom. The first-order chi connectivity index (χ1) is 11.6. The predicted octanol–water partition coefficient (Wildman–Crippen LogP) is 2.06. The number of amides is 1. The van der Waals surface area contributed by atoms with Crippen LogP contribution in [0.1, 0.15) is 42.9 Å². The molecule has 7 heteroatoms. The van der Waals surface area contributed by atoms with E-state index in [0.29, 0.717) is 11.6 Å². The van der Waals surface area contributed by atoms with Crippen LogP contribution in [0.2, 0.25) is 0 Å². The van der Waals surface area contributed by atoms with Gasteiger partial charge < -0.3 is 14.7 Å². The first-order valence-corrected chi connectivity index (χ1v) is 8.39. The van der Waals surface area contributed by atoms with Crippen LogP contribution in [-0.2, 0) is 6.42 Å². The molecule has 0 bridgehead atoms. The van der Waals surface area contributed by atoms with E-state index in [-0.39, 0.29) is 11.9 Å². The molecule has 1 amide bonds. The van der Waals surface area contributed by atoms with E-state index >= 15 is 0 Å². The Balaban J connectivity index is 1.59. The van der Waals surface area contributed by atoms with Gasteiger partial charge in [-0.2, -0.15) is 0 Å². The molecule has 1 unspecified atom stereocenters. The molecule has 7 nitrogen and oxygen atoms in total. The van der Waals surface area contributed by atoms with Crippen LogP contribution in [-0.4, -0.2) is 40.2 Å². The van der Waals surface area contributed by atoms with Crippen molar-refractivity contribution in [3.8, 4) is 0 Å². The fourth-order valence-corrected chi connectivity index (χ4v) is 2.94. The standard InChI is InChI=1S/C17H23N5O2/c1-12(2)8-14-9-15(21-24-14)17(23)20-13-4-3-7-22(11-13)16-10-18-5-6-19-16/h5-6,9-10,12-13H,3-4,7-8,11H2,1-2H3,(H,20,23). The summed E-state index contributed by atoms with van der Waals surface area (Å²) in [5.41, 5.74) is 0.349. The van der Waals surface area contributed by atoms with Gasteiger partial charge in [-0.15, -0.1) is 0 Å². The highest BCUT2D eigenvalue weighted by Gasteiger charge is 2.24. The maximum Gasteiger partial charge on any atom is 0.273 e. The molecule has 2 aromatic heterocycles. The maximum absolute atomic E-state index is 12.4. The van der Waals surface area contributed by atoms with Crippen LogP contribution in [0.25, 0.3) is 0 Å². The lowest BCUT2D eigenvalue weighted by Gasteiger charge is -2.33. The lowest BCUT2D eigenvalue weighted by molar-refractivity contribution is 0.0924. The lowest BCUT2D eigenvalue weighted by atomic mass is 10.1. The molecule has 24 heavy (non-hydrogen) atoms. The first-order valence-electron chi connectivity index (χ1n) is 8.39. The van der Waals surface area contributed by atoms with Gasteiger partial charge in [0.2, 0.25) is 0 Å². The second-order valence-corrected chi connectivity index (χ2v) is 6.60. The van der Waals surface area contributed by atoms with Crippen molar-refractivity contribution in [2.24, 2.45) is 5.92 Å². The summed E-state index contributed by atoms with van der Waals surface area (Å²) in [4.78, 5) is 23.0. The van der Waals surface area contributed by atoms with E-state index in [1.807, 2.05) is 0 Å². The summed E-state index contributed by atoms with van der Waals surface area (Å²) in [6.07, 6.45) is 7.82. The fraction of sp³-hybridized carbons (Fsp3) is 0.529. The van der Waals surface area contributed by atoms with Crippen molar-refractivity contribution < 1.29 is 9.32 Å². The Morgan fingerprint density at radius 3 is 3.08 bits per heavy atom. The van der Waals surface area contributed by atoms with Crippen LogP contribution in [0.15, 0.2) is 29.2 Å². The smallest absolute Gasteiger partial charge is 0.273 e. The van der Waals surface area contributed by atoms with Gasteiger partial charge in [-0.25, -0.2) is 4.98 Å². The normalized spacial score (nSPS) is 18.0. The zero-order chi connectivity index (χ0) is 16.9. The molecular weight excluding hydrogens is 306 g/mol. The second-order valence-electron chi connectivity index (χ2n) is 6.60. The van der Waals surface area contributed by atoms with Gasteiger partial charge in [0.25, 0.3) is 5.91 Å². The summed E-state index contributed by atoms with van der Waals surface area (Å²) in [5.74, 6) is 1.88. The number of aromatic nitrogens is 3. The van der Waals surface area contributed by atoms with Gasteiger partial charge in [-0.05, 0) is 18.8 Å². The monoisotopic (exact) mass is 329 g/mol. The number of anilines is 1. The minimum absolute atomic E-state index is 0.0681. The zero-order valence-electron chi connectivity index (χ0n) is 14.1. The number of piperidine rings is 1. The molecule has 128 valence electrons. The molecule has 0 spiro atoms. The van der Waals surface area contributed by atoms with Gasteiger partial charge in [0.15, 0.2) is 5.69 Å². The predicted molar refractivity (Wildman–Crippen MR) is 89.8 cm³/mol. The SMILES string of the molecule is CC(C)Cc1cc(C(=O)NC2CCCN(c3cnccn3)C2)no1. The summed E-state index contributed by atoms with van der Waals surface area (Å²) >= 11 is 0. The Labute approximate surface area is 141 Å². The third-order valence-electron chi connectivity index (χ3n) is 4.03. The molecule has 0 radical (unpaired) electrons. The Bertz CT molecular complexity index is 671. The number of carbonyl (C=O) groups excluding carboxylic acids is 1. The highest BCUT2D eigenvalue weighted by Crippen LogP contribution is 2.17. The number of nitrogens with one attached hydrogen (secondary N) is 1. The minimum atomic E-state index is -0.181. The molecule has 0 aromatic carbocycles. The van der Waals surface area contributed by atoms with Crippen molar-refractivity contribution >= 4 is 11.7 Å². The van der Waals surface area contributed by atoms with Crippen molar-refractivity contribution in [1.29, 1.82) is 0 Å². The van der Waals surface area contributed by atoms with Crippen molar-refractivity contribution in [3.63, 3.8) is 0 Å². The molecule has 3 heterocycles. The minimum Gasteiger partial charge on any atom is -0.361 e. The highest BCUT2D eigenvalue weighted by molar-refractivity contribution is 5.92. The van der Waals surface area contributed by atoms with Gasteiger partial charge in [0.05, 0.1) is 6.20 Å². The van der Waals surface area contributed by atoms with Crippen LogP contribution >= 0.6 is 0 Å². The molecule has 2 aromatic rings. The Morgan fingerprint density at radius 1 is 1.46 bits per heavy atom. The second kappa shape index (κ2) is 7.42. The topological polar surface area (TPSA) is 84.2 Å². The van der Waals surface area contributed by atoms with E-state index in [4.69, 9.17) is 4.52 Å². The average molecular weight is 329 g/mol. The van der Waals surface area contributed by atoms with Gasteiger partial charge in [-0.1, -0.05) is 19.0 Å². The van der Waals surface area contributed by atoms with Crippen molar-refractivity contribution in [3.05, 3.63) is 36.1 Å². The fourth-order valence-electron chi connectivity index (χ4n) is 2.94. The maximum atomic E-state index is 12.4. The van der Waals surface area contributed by atoms with Gasteiger partial charge in [-0.3, -0.25) is 9.78 Å². The molecule has 0 saturated carbocycles. The van der Waals surface area contributed by atoms with Crippen molar-refractivity contribution in [2.45, 2.75) is 39.2 Å². The van der Waals surface area contributed by atoms with Crippen molar-refractivity contribution in [1.82, 2.24) is 20.4 Å². The van der Waals surface area contributed by atoms with Gasteiger partial charge >= 0.3 is 0 Å². The highest BCUT2D eigenvalue weighted by atomic mass is 16.5. The van der Waals surface area contributed by atoms with E-state index in [1.165, 1.54) is 0 Å². The molecule has 3 rings (SSSR count). The summed E-state index contributed by atoms with van der Waals surface area (Å²) in [5, 5.41) is 6.94. The Hall–Kier alpha value is -2.44. The summed E-state index contributed by atoms with van der Waals surface area (Å²) < 4.78 is 5.24. The van der Waals surface area contributed by atoms with Crippen LogP contribution < -0.4 is 10.2 Å². The molecule has 0 aliphatic carbocycles. The summed E-state index contributed by atoms with van der Waals surface area (Å²) in [7, 11) is 0. The summed E-state index contributed by atoms with van der Waals surface area (Å²) in [6, 6.07) is 1.80. The van der Waals surface area contributed by atoms with E-state index in [0.717, 1.165) is 43.9 Å². The van der Waals surface area contributed by atoms with Crippen LogP contribution in [0.4, 0.5) is 5.82 Å². The average Bonchev–Trinajstić information content (AvgIpc) is 3.04. The molecule has 1 aliphatic rings. The van der Waals surface area contributed by atoms with E-state index in [9.17, 15) is 4.79 Å². The molecule has 1 saturated heterocycles. The third-order valence-corrected chi connectivity index (χ3v) is 4.03. The van der Waals surface area contributed by atoms with E-state index in [2.05, 4.69) is 39.2 Å².